The second kappa shape index (κ2) is 7.01. The highest BCUT2D eigenvalue weighted by Crippen LogP contribution is 2.44. The molecule has 3 aromatic rings. The molecule has 0 aromatic heterocycles. The first-order valence-corrected chi connectivity index (χ1v) is 8.86. The van der Waals surface area contributed by atoms with Crippen LogP contribution >= 0.6 is 0 Å². The zero-order chi connectivity index (χ0) is 18.8. The van der Waals surface area contributed by atoms with Crippen LogP contribution in [0.1, 0.15) is 28.2 Å². The molecular formula is C24H19NO2. The molecule has 1 N–H and O–H groups in total. The molecular weight excluding hydrogens is 334 g/mol. The molecule has 3 heteroatoms. The number of nitrogens with one attached hydrogen (secondary N) is 1. The van der Waals surface area contributed by atoms with E-state index in [2.05, 4.69) is 35.5 Å². The summed E-state index contributed by atoms with van der Waals surface area (Å²) in [5, 5.41) is 2.80. The van der Waals surface area contributed by atoms with Gasteiger partial charge in [0.25, 0.3) is 0 Å². The van der Waals surface area contributed by atoms with E-state index in [0.29, 0.717) is 12.3 Å². The summed E-state index contributed by atoms with van der Waals surface area (Å²) in [7, 11) is 0. The van der Waals surface area contributed by atoms with Crippen LogP contribution in [0.4, 0.5) is 10.5 Å². The van der Waals surface area contributed by atoms with Crippen LogP contribution in [-0.4, -0.2) is 12.7 Å². The van der Waals surface area contributed by atoms with Crippen molar-refractivity contribution in [2.75, 3.05) is 11.9 Å². The molecule has 4 rings (SSSR count). The van der Waals surface area contributed by atoms with E-state index in [1.165, 1.54) is 22.3 Å². The van der Waals surface area contributed by atoms with Crippen molar-refractivity contribution < 1.29 is 9.53 Å². The van der Waals surface area contributed by atoms with Crippen LogP contribution in [0.3, 0.4) is 0 Å². The Morgan fingerprint density at radius 3 is 2.26 bits per heavy atom. The quantitative estimate of drug-likeness (QED) is 0.646. The van der Waals surface area contributed by atoms with Gasteiger partial charge in [0, 0.05) is 17.2 Å². The van der Waals surface area contributed by atoms with E-state index in [1.54, 1.807) is 12.1 Å². The van der Waals surface area contributed by atoms with Crippen molar-refractivity contribution in [3.63, 3.8) is 0 Å². The van der Waals surface area contributed by atoms with Crippen molar-refractivity contribution in [2.24, 2.45) is 0 Å². The lowest BCUT2D eigenvalue weighted by atomic mass is 9.98. The maximum absolute atomic E-state index is 12.3. The van der Waals surface area contributed by atoms with Crippen LogP contribution in [-0.2, 0) is 4.74 Å². The maximum atomic E-state index is 12.3. The molecule has 0 heterocycles. The summed E-state index contributed by atoms with van der Waals surface area (Å²) in [6.07, 6.45) is 4.94. The molecule has 0 saturated carbocycles. The Labute approximate surface area is 159 Å². The topological polar surface area (TPSA) is 38.3 Å². The van der Waals surface area contributed by atoms with Crippen LogP contribution in [0.25, 0.3) is 11.1 Å². The second-order valence-corrected chi connectivity index (χ2v) is 6.62. The van der Waals surface area contributed by atoms with Crippen molar-refractivity contribution in [1.82, 2.24) is 0 Å². The Kier molecular flexibility index (Phi) is 4.40. The maximum Gasteiger partial charge on any atom is 0.411 e. The SMILES string of the molecule is C#Cc1ccc(NC(=O)OCC2c3ccccc3-c3ccccc32)c(C)c1. The Morgan fingerprint density at radius 2 is 1.67 bits per heavy atom. The molecule has 0 radical (unpaired) electrons. The number of rotatable bonds is 3. The number of fused-ring (bicyclic) bond motifs is 3. The molecule has 3 aromatic carbocycles. The molecule has 3 nitrogen and oxygen atoms in total. The van der Waals surface area contributed by atoms with Gasteiger partial charge in [-0.15, -0.1) is 6.42 Å². The van der Waals surface area contributed by atoms with E-state index < -0.39 is 6.09 Å². The molecule has 1 aliphatic rings. The summed E-state index contributed by atoms with van der Waals surface area (Å²) in [6.45, 7) is 2.20. The molecule has 0 bridgehead atoms. The Hall–Kier alpha value is -3.51. The average molecular weight is 353 g/mol. The largest absolute Gasteiger partial charge is 0.448 e. The third-order valence-corrected chi connectivity index (χ3v) is 4.97. The van der Waals surface area contributed by atoms with E-state index in [1.807, 2.05) is 37.3 Å². The number of carbonyl (C=O) groups excluding carboxylic acids is 1. The van der Waals surface area contributed by atoms with Gasteiger partial charge in [0.15, 0.2) is 0 Å². The van der Waals surface area contributed by atoms with Crippen LogP contribution in [0.15, 0.2) is 66.7 Å². The van der Waals surface area contributed by atoms with E-state index in [-0.39, 0.29) is 5.92 Å². The fourth-order valence-corrected chi connectivity index (χ4v) is 3.64. The van der Waals surface area contributed by atoms with Gasteiger partial charge in [0.2, 0.25) is 0 Å². The first-order valence-electron chi connectivity index (χ1n) is 8.86. The summed E-state index contributed by atoms with van der Waals surface area (Å²) >= 11 is 0. The van der Waals surface area contributed by atoms with Gasteiger partial charge in [-0.2, -0.15) is 0 Å². The van der Waals surface area contributed by atoms with Gasteiger partial charge < -0.3 is 4.74 Å². The van der Waals surface area contributed by atoms with Gasteiger partial charge in [0.1, 0.15) is 6.61 Å². The fourth-order valence-electron chi connectivity index (χ4n) is 3.64. The average Bonchev–Trinajstić information content (AvgIpc) is 3.02. The highest BCUT2D eigenvalue weighted by molar-refractivity contribution is 5.86. The number of benzene rings is 3. The Bertz CT molecular complexity index is 1020. The van der Waals surface area contributed by atoms with E-state index >= 15 is 0 Å². The van der Waals surface area contributed by atoms with Crippen molar-refractivity contribution in [1.29, 1.82) is 0 Å². The molecule has 0 atom stereocenters. The fraction of sp³-hybridized carbons (Fsp3) is 0.125. The highest BCUT2D eigenvalue weighted by atomic mass is 16.5. The van der Waals surface area contributed by atoms with Gasteiger partial charge in [-0.05, 0) is 52.9 Å². The molecule has 132 valence electrons. The van der Waals surface area contributed by atoms with Crippen molar-refractivity contribution in [3.8, 4) is 23.5 Å². The smallest absolute Gasteiger partial charge is 0.411 e. The first-order chi connectivity index (χ1) is 13.2. The molecule has 27 heavy (non-hydrogen) atoms. The zero-order valence-electron chi connectivity index (χ0n) is 15.0. The summed E-state index contributed by atoms with van der Waals surface area (Å²) in [4.78, 5) is 12.3. The van der Waals surface area contributed by atoms with Crippen LogP contribution in [0.5, 0.6) is 0 Å². The highest BCUT2D eigenvalue weighted by Gasteiger charge is 2.29. The number of hydrogen-bond donors (Lipinski definition) is 1. The Morgan fingerprint density at radius 1 is 1.04 bits per heavy atom. The van der Waals surface area contributed by atoms with Gasteiger partial charge in [-0.3, -0.25) is 5.32 Å². The van der Waals surface area contributed by atoms with Crippen LogP contribution in [0, 0.1) is 19.3 Å². The first kappa shape index (κ1) is 16.9. The summed E-state index contributed by atoms with van der Waals surface area (Å²) < 4.78 is 5.56. The summed E-state index contributed by atoms with van der Waals surface area (Å²) in [5.74, 6) is 2.63. The summed E-state index contributed by atoms with van der Waals surface area (Å²) in [6, 6.07) is 22.0. The van der Waals surface area contributed by atoms with Gasteiger partial charge >= 0.3 is 6.09 Å². The third kappa shape index (κ3) is 3.18. The molecule has 0 unspecified atom stereocenters. The molecule has 1 aliphatic carbocycles. The Balaban J connectivity index is 1.49. The molecule has 0 saturated heterocycles. The number of carbonyl (C=O) groups is 1. The van der Waals surface area contributed by atoms with Gasteiger partial charge in [-0.1, -0.05) is 54.5 Å². The number of amides is 1. The minimum absolute atomic E-state index is 0.0491. The van der Waals surface area contributed by atoms with Gasteiger partial charge in [-0.25, -0.2) is 4.79 Å². The van der Waals surface area contributed by atoms with Crippen molar-refractivity contribution in [3.05, 3.63) is 89.0 Å². The lowest BCUT2D eigenvalue weighted by Gasteiger charge is -2.15. The number of ether oxygens (including phenoxy) is 1. The summed E-state index contributed by atoms with van der Waals surface area (Å²) in [5.41, 5.74) is 7.20. The van der Waals surface area contributed by atoms with E-state index in [4.69, 9.17) is 11.2 Å². The lowest BCUT2D eigenvalue weighted by molar-refractivity contribution is 0.158. The van der Waals surface area contributed by atoms with Crippen molar-refractivity contribution in [2.45, 2.75) is 12.8 Å². The number of anilines is 1. The normalized spacial score (nSPS) is 12.0. The number of aryl methyl sites for hydroxylation is 1. The van der Waals surface area contributed by atoms with E-state index in [0.717, 1.165) is 11.1 Å². The molecule has 0 aliphatic heterocycles. The van der Waals surface area contributed by atoms with Crippen molar-refractivity contribution >= 4 is 11.8 Å². The molecule has 0 spiro atoms. The standard InChI is InChI=1S/C24H19NO2/c1-3-17-12-13-23(16(2)14-17)25-24(26)27-15-22-20-10-6-4-8-18(20)19-9-5-7-11-21(19)22/h1,4-14,22H,15H2,2H3,(H,25,26). The molecule has 0 fully saturated rings. The van der Waals surface area contributed by atoms with Crippen LogP contribution in [0.2, 0.25) is 0 Å². The minimum Gasteiger partial charge on any atom is -0.448 e. The monoisotopic (exact) mass is 353 g/mol. The second-order valence-electron chi connectivity index (χ2n) is 6.62. The van der Waals surface area contributed by atoms with E-state index in [9.17, 15) is 4.79 Å². The predicted octanol–water partition coefficient (Wildman–Crippen LogP) is 5.34. The number of terminal acetylenes is 1. The van der Waals surface area contributed by atoms with Crippen LogP contribution < -0.4 is 5.32 Å². The zero-order valence-corrected chi connectivity index (χ0v) is 15.0. The predicted molar refractivity (Wildman–Crippen MR) is 108 cm³/mol. The van der Waals surface area contributed by atoms with Gasteiger partial charge in [0.05, 0.1) is 0 Å². The minimum atomic E-state index is -0.464. The number of hydrogen-bond acceptors (Lipinski definition) is 2. The molecule has 1 amide bonds. The lowest BCUT2D eigenvalue weighted by Crippen LogP contribution is -2.18. The third-order valence-electron chi connectivity index (χ3n) is 4.97.